The lowest BCUT2D eigenvalue weighted by atomic mass is 10.0. The van der Waals surface area contributed by atoms with Crippen molar-refractivity contribution in [3.05, 3.63) is 66.6 Å². The van der Waals surface area contributed by atoms with Gasteiger partial charge >= 0.3 is 0 Å². The van der Waals surface area contributed by atoms with Gasteiger partial charge in [0.15, 0.2) is 5.82 Å². The maximum atomic E-state index is 6.15. The molecule has 0 atom stereocenters. The largest absolute Gasteiger partial charge is 0.457 e. The van der Waals surface area contributed by atoms with Crippen molar-refractivity contribution >= 4 is 16.7 Å². The monoisotopic (exact) mass is 383 g/mol. The minimum atomic E-state index is 0.347. The van der Waals surface area contributed by atoms with Crippen molar-refractivity contribution in [2.75, 3.05) is 5.73 Å². The van der Waals surface area contributed by atoms with Crippen molar-refractivity contribution in [2.45, 2.75) is 31.6 Å². The maximum absolute atomic E-state index is 6.15. The Hall–Kier alpha value is -3.54. The predicted molar refractivity (Wildman–Crippen MR) is 113 cm³/mol. The number of hydrogen-bond donors (Lipinski definition) is 1. The van der Waals surface area contributed by atoms with Crippen LogP contribution in [0.1, 0.15) is 37.4 Å². The zero-order valence-electron chi connectivity index (χ0n) is 16.0. The normalized spacial score (nSPS) is 14.3. The van der Waals surface area contributed by atoms with Gasteiger partial charge in [0.05, 0.1) is 22.8 Å². The van der Waals surface area contributed by atoms with Gasteiger partial charge in [0.2, 0.25) is 0 Å². The Morgan fingerprint density at radius 1 is 0.862 bits per heavy atom. The molecule has 2 heterocycles. The fourth-order valence-electron chi connectivity index (χ4n) is 3.92. The number of nitrogen functional groups attached to an aromatic ring is 1. The van der Waals surface area contributed by atoms with Crippen LogP contribution in [0.2, 0.25) is 0 Å². The summed E-state index contributed by atoms with van der Waals surface area (Å²) in [6.07, 6.45) is 6.38. The van der Waals surface area contributed by atoms with Crippen LogP contribution in [0.5, 0.6) is 11.5 Å². The molecule has 1 aliphatic rings. The first kappa shape index (κ1) is 17.6. The summed E-state index contributed by atoms with van der Waals surface area (Å²) in [6.45, 7) is 0. The second-order valence-corrected chi connectivity index (χ2v) is 7.34. The van der Waals surface area contributed by atoms with Gasteiger partial charge in [-0.15, -0.1) is 5.10 Å². The van der Waals surface area contributed by atoms with Crippen LogP contribution in [0.4, 0.5) is 5.82 Å². The van der Waals surface area contributed by atoms with Crippen molar-refractivity contribution in [3.63, 3.8) is 0 Å². The summed E-state index contributed by atoms with van der Waals surface area (Å²) in [5, 5.41) is 8.76. The summed E-state index contributed by atoms with van der Waals surface area (Å²) in [5.41, 5.74) is 8.65. The highest BCUT2D eigenvalue weighted by Crippen LogP contribution is 2.36. The topological polar surface area (TPSA) is 86.8 Å². The molecule has 2 N–H and O–H groups in total. The molecule has 0 saturated heterocycles. The minimum absolute atomic E-state index is 0.347. The van der Waals surface area contributed by atoms with Crippen molar-refractivity contribution in [3.8, 4) is 22.8 Å². The van der Waals surface area contributed by atoms with E-state index < -0.39 is 0 Å². The van der Waals surface area contributed by atoms with Crippen LogP contribution < -0.4 is 10.5 Å². The van der Waals surface area contributed by atoms with Crippen molar-refractivity contribution in [1.82, 2.24) is 20.2 Å². The van der Waals surface area contributed by atoms with E-state index in [1.165, 1.54) is 12.8 Å². The Bertz CT molecular complexity index is 1140. The van der Waals surface area contributed by atoms with Crippen molar-refractivity contribution in [2.24, 2.45) is 0 Å². The summed E-state index contributed by atoms with van der Waals surface area (Å²) < 4.78 is 5.91. The van der Waals surface area contributed by atoms with Crippen LogP contribution in [0, 0.1) is 0 Å². The van der Waals surface area contributed by atoms with Gasteiger partial charge in [0.1, 0.15) is 17.3 Å². The van der Waals surface area contributed by atoms with Gasteiger partial charge < -0.3 is 10.5 Å². The quantitative estimate of drug-likeness (QED) is 0.526. The third-order valence-corrected chi connectivity index (χ3v) is 5.38. The number of hydrogen-bond acceptors (Lipinski definition) is 6. The molecule has 1 saturated carbocycles. The lowest BCUT2D eigenvalue weighted by Gasteiger charge is -2.13. The highest BCUT2D eigenvalue weighted by molar-refractivity contribution is 5.98. The molecule has 0 aliphatic heterocycles. The second kappa shape index (κ2) is 7.47. The molecule has 5 rings (SSSR count). The number of benzene rings is 2. The van der Waals surface area contributed by atoms with Crippen LogP contribution in [-0.4, -0.2) is 20.2 Å². The summed E-state index contributed by atoms with van der Waals surface area (Å²) in [4.78, 5) is 9.69. The molecule has 4 aromatic rings. The average molecular weight is 383 g/mol. The number of aromatic nitrogens is 4. The molecular formula is C23H21N5O. The summed E-state index contributed by atoms with van der Waals surface area (Å²) in [5.74, 6) is 3.19. The fraction of sp³-hybridized carbons (Fsp3) is 0.217. The van der Waals surface area contributed by atoms with E-state index in [2.05, 4.69) is 10.2 Å². The van der Waals surface area contributed by atoms with Crippen LogP contribution in [0.15, 0.2) is 60.8 Å². The molecule has 0 spiro atoms. The second-order valence-electron chi connectivity index (χ2n) is 7.34. The number of anilines is 1. The van der Waals surface area contributed by atoms with Crippen LogP contribution in [-0.2, 0) is 0 Å². The van der Waals surface area contributed by atoms with Crippen LogP contribution >= 0.6 is 0 Å². The summed E-state index contributed by atoms with van der Waals surface area (Å²) in [7, 11) is 0. The van der Waals surface area contributed by atoms with E-state index in [1.54, 1.807) is 6.20 Å². The van der Waals surface area contributed by atoms with Gasteiger partial charge in [-0.05, 0) is 49.2 Å². The first-order valence-electron chi connectivity index (χ1n) is 9.90. The number of nitrogens with two attached hydrogens (primary N) is 1. The minimum Gasteiger partial charge on any atom is -0.457 e. The smallest absolute Gasteiger partial charge is 0.157 e. The van der Waals surface area contributed by atoms with Crippen LogP contribution in [0.25, 0.3) is 22.2 Å². The Balaban J connectivity index is 1.56. The number of rotatable bonds is 4. The van der Waals surface area contributed by atoms with Gasteiger partial charge in [0, 0.05) is 11.5 Å². The van der Waals surface area contributed by atoms with E-state index >= 15 is 0 Å². The van der Waals surface area contributed by atoms with E-state index in [-0.39, 0.29) is 0 Å². The standard InChI is InChI=1S/C23H21N5O/c24-22-20-19(14-25-28-22)26-23(16-6-4-5-7-16)27-21(20)15-10-12-18(13-11-15)29-17-8-2-1-3-9-17/h1-3,8-14,16H,4-7H2,(H2,24,28). The Morgan fingerprint density at radius 3 is 2.34 bits per heavy atom. The van der Waals surface area contributed by atoms with Crippen molar-refractivity contribution in [1.29, 1.82) is 0 Å². The lowest BCUT2D eigenvalue weighted by Crippen LogP contribution is -2.06. The molecule has 2 aromatic carbocycles. The lowest BCUT2D eigenvalue weighted by molar-refractivity contribution is 0.483. The molecule has 6 nitrogen and oxygen atoms in total. The van der Waals surface area contributed by atoms with E-state index in [1.807, 2.05) is 54.6 Å². The maximum Gasteiger partial charge on any atom is 0.157 e. The first-order valence-corrected chi connectivity index (χ1v) is 9.90. The molecule has 0 bridgehead atoms. The molecule has 144 valence electrons. The number of fused-ring (bicyclic) bond motifs is 1. The molecular weight excluding hydrogens is 362 g/mol. The third-order valence-electron chi connectivity index (χ3n) is 5.38. The van der Waals surface area contributed by atoms with Crippen molar-refractivity contribution < 1.29 is 4.74 Å². The molecule has 1 aliphatic carbocycles. The van der Waals surface area contributed by atoms with E-state index in [4.69, 9.17) is 20.4 Å². The molecule has 0 unspecified atom stereocenters. The number of ether oxygens (including phenoxy) is 1. The molecule has 6 heteroatoms. The molecule has 2 aromatic heterocycles. The number of para-hydroxylation sites is 1. The summed E-state index contributed by atoms with van der Waals surface area (Å²) in [6, 6.07) is 17.6. The molecule has 29 heavy (non-hydrogen) atoms. The van der Waals surface area contributed by atoms with E-state index in [9.17, 15) is 0 Å². The Kier molecular flexibility index (Phi) is 4.52. The van der Waals surface area contributed by atoms with Gasteiger partial charge in [-0.25, -0.2) is 9.97 Å². The predicted octanol–water partition coefficient (Wildman–Crippen LogP) is 5.12. The van der Waals surface area contributed by atoms with E-state index in [0.29, 0.717) is 11.7 Å². The SMILES string of the molecule is Nc1nncc2nc(C3CCCC3)nc(-c3ccc(Oc4ccccc4)cc3)c12. The van der Waals surface area contributed by atoms with Gasteiger partial charge in [-0.3, -0.25) is 0 Å². The molecule has 1 fully saturated rings. The van der Waals surface area contributed by atoms with E-state index in [0.717, 1.165) is 52.3 Å². The van der Waals surface area contributed by atoms with Crippen LogP contribution in [0.3, 0.4) is 0 Å². The Labute approximate surface area is 168 Å². The van der Waals surface area contributed by atoms with Gasteiger partial charge in [-0.1, -0.05) is 31.0 Å². The number of nitrogens with zero attached hydrogens (tertiary/aromatic N) is 4. The average Bonchev–Trinajstić information content (AvgIpc) is 3.30. The first-order chi connectivity index (χ1) is 14.3. The highest BCUT2D eigenvalue weighted by Gasteiger charge is 2.22. The molecule has 0 amide bonds. The zero-order chi connectivity index (χ0) is 19.6. The summed E-state index contributed by atoms with van der Waals surface area (Å²) >= 11 is 0. The zero-order valence-corrected chi connectivity index (χ0v) is 16.0. The van der Waals surface area contributed by atoms with Gasteiger partial charge in [0.25, 0.3) is 0 Å². The Morgan fingerprint density at radius 2 is 1.59 bits per heavy atom. The fourth-order valence-corrected chi connectivity index (χ4v) is 3.92. The third kappa shape index (κ3) is 3.49. The van der Waals surface area contributed by atoms with Gasteiger partial charge in [-0.2, -0.15) is 5.10 Å². The highest BCUT2D eigenvalue weighted by atomic mass is 16.5. The molecule has 0 radical (unpaired) electrons.